The molecule has 0 N–H and O–H groups in total. The maximum Gasteiger partial charge on any atom is 0.310 e. The lowest BCUT2D eigenvalue weighted by Gasteiger charge is -2.17. The van der Waals surface area contributed by atoms with Crippen molar-refractivity contribution in [1.29, 1.82) is 0 Å². The standard InChI is InChI=1S/C27H53O4S/c1-5-7-8-9-10-11-12-13-16-19-22-32(6-2)26(23-25(3)28)24-27(29)31-21-18-15-14-17-20-30-4/h26H,5-24H2,1-4H3/q+1. The van der Waals surface area contributed by atoms with E-state index >= 15 is 0 Å². The van der Waals surface area contributed by atoms with Crippen molar-refractivity contribution in [3.8, 4) is 0 Å². The Morgan fingerprint density at radius 3 is 1.78 bits per heavy atom. The monoisotopic (exact) mass is 473 g/mol. The molecule has 0 aliphatic carbocycles. The molecular weight excluding hydrogens is 420 g/mol. The van der Waals surface area contributed by atoms with Crippen LogP contribution < -0.4 is 0 Å². The summed E-state index contributed by atoms with van der Waals surface area (Å²) in [5, 5.41) is 0.158. The van der Waals surface area contributed by atoms with Gasteiger partial charge in [-0.3, -0.25) is 9.59 Å². The summed E-state index contributed by atoms with van der Waals surface area (Å²) in [5.41, 5.74) is 0. The van der Waals surface area contributed by atoms with Gasteiger partial charge in [0.2, 0.25) is 0 Å². The molecule has 5 heteroatoms. The van der Waals surface area contributed by atoms with Gasteiger partial charge >= 0.3 is 5.97 Å². The van der Waals surface area contributed by atoms with Crippen LogP contribution in [0.1, 0.15) is 124 Å². The van der Waals surface area contributed by atoms with Crippen molar-refractivity contribution in [2.45, 2.75) is 129 Å². The summed E-state index contributed by atoms with van der Waals surface area (Å²) >= 11 is 0. The highest BCUT2D eigenvalue weighted by Crippen LogP contribution is 2.19. The third-order valence-corrected chi connectivity index (χ3v) is 8.85. The summed E-state index contributed by atoms with van der Waals surface area (Å²) in [6, 6.07) is 0. The zero-order valence-corrected chi connectivity index (χ0v) is 22.6. The Labute approximate surface area is 202 Å². The van der Waals surface area contributed by atoms with Crippen molar-refractivity contribution in [3.63, 3.8) is 0 Å². The molecule has 0 aromatic carbocycles. The van der Waals surface area contributed by atoms with Crippen LogP contribution in [0.15, 0.2) is 0 Å². The largest absolute Gasteiger partial charge is 0.466 e. The first-order chi connectivity index (χ1) is 15.5. The normalized spacial score (nSPS) is 13.1. The zero-order chi connectivity index (χ0) is 23.9. The van der Waals surface area contributed by atoms with Crippen molar-refractivity contribution in [1.82, 2.24) is 0 Å². The molecule has 2 unspecified atom stereocenters. The third kappa shape index (κ3) is 20.1. The van der Waals surface area contributed by atoms with E-state index in [9.17, 15) is 9.59 Å². The molecule has 0 saturated carbocycles. The Kier molecular flexibility index (Phi) is 23.2. The van der Waals surface area contributed by atoms with Gasteiger partial charge in [-0.15, -0.1) is 0 Å². The Morgan fingerprint density at radius 1 is 0.719 bits per heavy atom. The predicted octanol–water partition coefficient (Wildman–Crippen LogP) is 7.03. The lowest BCUT2D eigenvalue weighted by atomic mass is 10.1. The molecule has 0 bridgehead atoms. The van der Waals surface area contributed by atoms with Crippen molar-refractivity contribution >= 4 is 22.6 Å². The minimum absolute atomic E-state index is 0.123. The van der Waals surface area contributed by atoms with Gasteiger partial charge in [0, 0.05) is 13.7 Å². The number of ether oxygens (including phenoxy) is 2. The molecule has 0 aromatic rings. The molecule has 0 aromatic heterocycles. The Morgan fingerprint density at radius 2 is 1.25 bits per heavy atom. The first-order valence-electron chi connectivity index (χ1n) is 13.3. The number of carbonyl (C=O) groups excluding carboxylic acids is 2. The van der Waals surface area contributed by atoms with Gasteiger partial charge in [0.15, 0.2) is 0 Å². The molecule has 0 aliphatic rings. The topological polar surface area (TPSA) is 52.6 Å². The number of rotatable bonds is 24. The van der Waals surface area contributed by atoms with E-state index in [0.29, 0.717) is 19.4 Å². The van der Waals surface area contributed by atoms with Crippen LogP contribution in [-0.2, 0) is 30.0 Å². The zero-order valence-electron chi connectivity index (χ0n) is 21.8. The van der Waals surface area contributed by atoms with E-state index < -0.39 is 0 Å². The van der Waals surface area contributed by atoms with Gasteiger partial charge in [0.1, 0.15) is 22.5 Å². The predicted molar refractivity (Wildman–Crippen MR) is 140 cm³/mol. The molecule has 0 spiro atoms. The maximum atomic E-state index is 12.4. The third-order valence-electron chi connectivity index (χ3n) is 6.02. The first kappa shape index (κ1) is 31.4. The second-order valence-electron chi connectivity index (χ2n) is 9.07. The van der Waals surface area contributed by atoms with E-state index in [2.05, 4.69) is 13.8 Å². The van der Waals surface area contributed by atoms with Crippen LogP contribution in [-0.4, -0.2) is 48.8 Å². The van der Waals surface area contributed by atoms with Crippen LogP contribution in [0.3, 0.4) is 0 Å². The summed E-state index contributed by atoms with van der Waals surface area (Å²) in [4.78, 5) is 24.2. The molecule has 0 saturated heterocycles. The summed E-state index contributed by atoms with van der Waals surface area (Å²) < 4.78 is 10.5. The quantitative estimate of drug-likeness (QED) is 0.0857. The molecule has 0 amide bonds. The van der Waals surface area contributed by atoms with Crippen molar-refractivity contribution in [2.75, 3.05) is 31.8 Å². The molecule has 190 valence electrons. The van der Waals surface area contributed by atoms with E-state index in [1.165, 1.54) is 64.2 Å². The van der Waals surface area contributed by atoms with Crippen LogP contribution in [0.4, 0.5) is 0 Å². The molecule has 0 fully saturated rings. The van der Waals surface area contributed by atoms with Crippen LogP contribution >= 0.6 is 0 Å². The average Bonchev–Trinajstić information content (AvgIpc) is 2.76. The highest BCUT2D eigenvalue weighted by molar-refractivity contribution is 7.97. The van der Waals surface area contributed by atoms with Gasteiger partial charge in [0.05, 0.1) is 19.4 Å². The van der Waals surface area contributed by atoms with Crippen molar-refractivity contribution < 1.29 is 19.1 Å². The van der Waals surface area contributed by atoms with Gasteiger partial charge in [0.25, 0.3) is 0 Å². The van der Waals surface area contributed by atoms with Crippen LogP contribution in [0.5, 0.6) is 0 Å². The highest BCUT2D eigenvalue weighted by Gasteiger charge is 2.32. The van der Waals surface area contributed by atoms with Crippen LogP contribution in [0.25, 0.3) is 0 Å². The van der Waals surface area contributed by atoms with E-state index in [0.717, 1.165) is 43.8 Å². The second kappa shape index (κ2) is 23.6. The molecule has 0 heterocycles. The van der Waals surface area contributed by atoms with Gasteiger partial charge in [-0.05, 0) is 56.8 Å². The molecule has 2 atom stereocenters. The Balaban J connectivity index is 4.11. The lowest BCUT2D eigenvalue weighted by Crippen LogP contribution is -2.31. The van der Waals surface area contributed by atoms with E-state index in [4.69, 9.17) is 9.47 Å². The number of unbranched alkanes of at least 4 members (excludes halogenated alkanes) is 12. The number of hydrogen-bond donors (Lipinski definition) is 0. The number of Topliss-reactive ketones (excluding diaryl/α,β-unsaturated/α-hetero) is 1. The summed E-state index contributed by atoms with van der Waals surface area (Å²) in [6.07, 6.45) is 18.4. The Hall–Kier alpha value is -0.550. The number of esters is 1. The van der Waals surface area contributed by atoms with Crippen molar-refractivity contribution in [2.24, 2.45) is 0 Å². The lowest BCUT2D eigenvalue weighted by molar-refractivity contribution is -0.143. The maximum absolute atomic E-state index is 12.4. The average molecular weight is 474 g/mol. The summed E-state index contributed by atoms with van der Waals surface area (Å²) in [6.45, 7) is 7.41. The smallest absolute Gasteiger partial charge is 0.310 e. The van der Waals surface area contributed by atoms with E-state index in [1.54, 1.807) is 14.0 Å². The SMILES string of the molecule is CCCCCCCCCCCC[S+](CC)C(CC(C)=O)CC(=O)OCCCCCCOC. The number of ketones is 1. The number of hydrogen-bond acceptors (Lipinski definition) is 4. The first-order valence-corrected chi connectivity index (χ1v) is 15.0. The van der Waals surface area contributed by atoms with Gasteiger partial charge in [-0.25, -0.2) is 0 Å². The number of carbonyl (C=O) groups is 2. The molecule has 0 rings (SSSR count). The fraction of sp³-hybridized carbons (Fsp3) is 0.926. The van der Waals surface area contributed by atoms with E-state index in [-0.39, 0.29) is 27.9 Å². The van der Waals surface area contributed by atoms with E-state index in [1.807, 2.05) is 0 Å². The highest BCUT2D eigenvalue weighted by atomic mass is 32.2. The minimum atomic E-state index is -0.123. The molecule has 4 nitrogen and oxygen atoms in total. The fourth-order valence-electron chi connectivity index (χ4n) is 4.08. The number of methoxy groups -OCH3 is 1. The second-order valence-corrected chi connectivity index (χ2v) is 11.8. The van der Waals surface area contributed by atoms with Crippen LogP contribution in [0, 0.1) is 0 Å². The van der Waals surface area contributed by atoms with Gasteiger partial charge in [-0.2, -0.15) is 0 Å². The molecule has 0 radical (unpaired) electrons. The molecule has 32 heavy (non-hydrogen) atoms. The molecular formula is C27H53O4S+. The Bertz CT molecular complexity index is 441. The summed E-state index contributed by atoms with van der Waals surface area (Å²) in [5.74, 6) is 2.28. The van der Waals surface area contributed by atoms with Crippen molar-refractivity contribution in [3.05, 3.63) is 0 Å². The van der Waals surface area contributed by atoms with Crippen LogP contribution in [0.2, 0.25) is 0 Å². The fourth-order valence-corrected chi connectivity index (χ4v) is 6.59. The summed E-state index contributed by atoms with van der Waals surface area (Å²) in [7, 11) is 1.85. The molecule has 0 aliphatic heterocycles. The minimum Gasteiger partial charge on any atom is -0.466 e. The van der Waals surface area contributed by atoms with Gasteiger partial charge < -0.3 is 9.47 Å². The van der Waals surface area contributed by atoms with Gasteiger partial charge in [-0.1, -0.05) is 64.7 Å².